The fourth-order valence-electron chi connectivity index (χ4n) is 1.22. The SMILES string of the molecule is N#CC(O)C(O)c1cc([N+](=O)[O-])cc(F)c1N. The molecular weight excluding hydrogens is 233 g/mol. The van der Waals surface area contributed by atoms with Crippen molar-refractivity contribution >= 4 is 11.4 Å². The number of nitrogens with zero attached hydrogens (tertiary/aromatic N) is 2. The van der Waals surface area contributed by atoms with E-state index in [2.05, 4.69) is 0 Å². The molecule has 1 rings (SSSR count). The van der Waals surface area contributed by atoms with Crippen LogP contribution in [0.15, 0.2) is 12.1 Å². The van der Waals surface area contributed by atoms with Crippen LogP contribution in [-0.4, -0.2) is 21.2 Å². The number of rotatable bonds is 3. The normalized spacial score (nSPS) is 13.8. The number of nitro groups is 1. The third-order valence-electron chi connectivity index (χ3n) is 2.11. The topological polar surface area (TPSA) is 133 Å². The summed E-state index contributed by atoms with van der Waals surface area (Å²) in [5, 5.41) is 37.4. The Morgan fingerprint density at radius 1 is 1.53 bits per heavy atom. The number of hydrogen-bond donors (Lipinski definition) is 3. The van der Waals surface area contributed by atoms with Crippen molar-refractivity contribution in [3.63, 3.8) is 0 Å². The number of anilines is 1. The van der Waals surface area contributed by atoms with Crippen LogP contribution in [0.5, 0.6) is 0 Å². The lowest BCUT2D eigenvalue weighted by Crippen LogP contribution is -2.18. The van der Waals surface area contributed by atoms with Gasteiger partial charge in [0.25, 0.3) is 5.69 Å². The maximum absolute atomic E-state index is 13.2. The number of nitro benzene ring substituents is 1. The van der Waals surface area contributed by atoms with E-state index in [1.54, 1.807) is 0 Å². The highest BCUT2D eigenvalue weighted by atomic mass is 19.1. The van der Waals surface area contributed by atoms with Crippen molar-refractivity contribution in [3.8, 4) is 6.07 Å². The standard InChI is InChI=1S/C9H8FN3O4/c10-6-2-4(13(16)17)1-5(8(6)12)9(15)7(14)3-11/h1-2,7,9,14-15H,12H2. The van der Waals surface area contributed by atoms with Crippen molar-refractivity contribution in [2.45, 2.75) is 12.2 Å². The van der Waals surface area contributed by atoms with Crippen molar-refractivity contribution in [2.75, 3.05) is 5.73 Å². The Hall–Kier alpha value is -2.24. The quantitative estimate of drug-likeness (QED) is 0.300. The van der Waals surface area contributed by atoms with Crippen LogP contribution in [0.25, 0.3) is 0 Å². The number of aliphatic hydroxyl groups excluding tert-OH is 2. The van der Waals surface area contributed by atoms with Gasteiger partial charge in [0.15, 0.2) is 11.9 Å². The molecule has 0 heterocycles. The molecular formula is C9H8FN3O4. The largest absolute Gasteiger partial charge is 0.396 e. The summed E-state index contributed by atoms with van der Waals surface area (Å²) in [7, 11) is 0. The second-order valence-corrected chi connectivity index (χ2v) is 3.21. The molecule has 2 atom stereocenters. The number of hydrogen-bond acceptors (Lipinski definition) is 6. The molecule has 90 valence electrons. The van der Waals surface area contributed by atoms with Crippen LogP contribution in [0.4, 0.5) is 15.8 Å². The molecule has 7 nitrogen and oxygen atoms in total. The first-order valence-electron chi connectivity index (χ1n) is 4.37. The first-order chi connectivity index (χ1) is 7.88. The molecule has 0 aliphatic rings. The molecule has 0 amide bonds. The predicted octanol–water partition coefficient (Wildman–Crippen LogP) is 0.234. The third-order valence-corrected chi connectivity index (χ3v) is 2.11. The lowest BCUT2D eigenvalue weighted by Gasteiger charge is -2.14. The molecule has 8 heteroatoms. The Morgan fingerprint density at radius 3 is 2.59 bits per heavy atom. The summed E-state index contributed by atoms with van der Waals surface area (Å²) in [5.41, 5.74) is 3.70. The van der Waals surface area contributed by atoms with Gasteiger partial charge in [-0.2, -0.15) is 5.26 Å². The summed E-state index contributed by atoms with van der Waals surface area (Å²) in [6.45, 7) is 0. The zero-order valence-corrected chi connectivity index (χ0v) is 8.37. The van der Waals surface area contributed by atoms with Crippen LogP contribution in [0, 0.1) is 27.3 Å². The molecule has 0 fully saturated rings. The van der Waals surface area contributed by atoms with Crippen LogP contribution in [0.2, 0.25) is 0 Å². The van der Waals surface area contributed by atoms with Crippen molar-refractivity contribution in [1.82, 2.24) is 0 Å². The Bertz CT molecular complexity index is 500. The zero-order valence-electron chi connectivity index (χ0n) is 8.37. The molecule has 0 radical (unpaired) electrons. The van der Waals surface area contributed by atoms with Gasteiger partial charge in [0.05, 0.1) is 22.7 Å². The van der Waals surface area contributed by atoms with Crippen molar-refractivity contribution in [3.05, 3.63) is 33.6 Å². The van der Waals surface area contributed by atoms with Gasteiger partial charge in [-0.1, -0.05) is 0 Å². The highest BCUT2D eigenvalue weighted by Gasteiger charge is 2.25. The molecule has 4 N–H and O–H groups in total. The summed E-state index contributed by atoms with van der Waals surface area (Å²) < 4.78 is 13.2. The van der Waals surface area contributed by atoms with Crippen LogP contribution >= 0.6 is 0 Å². The first-order valence-corrected chi connectivity index (χ1v) is 4.37. The first kappa shape index (κ1) is 12.8. The van der Waals surface area contributed by atoms with Crippen LogP contribution in [-0.2, 0) is 0 Å². The fraction of sp³-hybridized carbons (Fsp3) is 0.222. The van der Waals surface area contributed by atoms with E-state index in [-0.39, 0.29) is 0 Å². The van der Waals surface area contributed by atoms with Crippen molar-refractivity contribution in [1.29, 1.82) is 5.26 Å². The molecule has 0 saturated carbocycles. The second-order valence-electron chi connectivity index (χ2n) is 3.21. The monoisotopic (exact) mass is 241 g/mol. The number of nitrogen functional groups attached to an aromatic ring is 1. The molecule has 0 aliphatic carbocycles. The highest BCUT2D eigenvalue weighted by Crippen LogP contribution is 2.29. The van der Waals surface area contributed by atoms with Gasteiger partial charge in [-0.05, 0) is 0 Å². The van der Waals surface area contributed by atoms with E-state index in [0.29, 0.717) is 6.07 Å². The molecule has 2 unspecified atom stereocenters. The minimum atomic E-state index is -1.85. The molecule has 0 aromatic heterocycles. The van der Waals surface area contributed by atoms with Gasteiger partial charge in [-0.3, -0.25) is 10.1 Å². The molecule has 0 aliphatic heterocycles. The summed E-state index contributed by atoms with van der Waals surface area (Å²) in [6, 6.07) is 2.71. The van der Waals surface area contributed by atoms with Crippen molar-refractivity contribution < 1.29 is 19.5 Å². The molecule has 0 saturated heterocycles. The summed E-state index contributed by atoms with van der Waals surface area (Å²) in [4.78, 5) is 9.59. The van der Waals surface area contributed by atoms with Gasteiger partial charge in [0.2, 0.25) is 0 Å². The minimum absolute atomic E-state index is 0.397. The Kier molecular flexibility index (Phi) is 3.57. The van der Waals surface area contributed by atoms with Gasteiger partial charge in [-0.15, -0.1) is 0 Å². The van der Waals surface area contributed by atoms with E-state index in [4.69, 9.17) is 16.1 Å². The van der Waals surface area contributed by atoms with E-state index in [9.17, 15) is 19.6 Å². The average Bonchev–Trinajstić information content (AvgIpc) is 2.30. The van der Waals surface area contributed by atoms with Gasteiger partial charge in [0.1, 0.15) is 6.10 Å². The molecule has 17 heavy (non-hydrogen) atoms. The summed E-state index contributed by atoms with van der Waals surface area (Å²) in [6.07, 6.45) is -3.66. The van der Waals surface area contributed by atoms with Crippen LogP contribution < -0.4 is 5.73 Å². The lowest BCUT2D eigenvalue weighted by atomic mass is 10.0. The maximum Gasteiger partial charge on any atom is 0.272 e. The molecule has 0 bridgehead atoms. The average molecular weight is 241 g/mol. The Balaban J connectivity index is 3.33. The third kappa shape index (κ3) is 2.47. The number of nitrogens with two attached hydrogens (primary N) is 1. The van der Waals surface area contributed by atoms with Crippen LogP contribution in [0.1, 0.15) is 11.7 Å². The zero-order chi connectivity index (χ0) is 13.2. The predicted molar refractivity (Wildman–Crippen MR) is 54.0 cm³/mol. The Labute approximate surface area is 94.7 Å². The van der Waals surface area contributed by atoms with E-state index >= 15 is 0 Å². The highest BCUT2D eigenvalue weighted by molar-refractivity contribution is 5.55. The minimum Gasteiger partial charge on any atom is -0.396 e. The molecule has 1 aromatic rings. The van der Waals surface area contributed by atoms with E-state index < -0.39 is 39.9 Å². The number of nitriles is 1. The van der Waals surface area contributed by atoms with Gasteiger partial charge >= 0.3 is 0 Å². The molecule has 0 spiro atoms. The second kappa shape index (κ2) is 4.73. The van der Waals surface area contributed by atoms with E-state index in [1.165, 1.54) is 6.07 Å². The lowest BCUT2D eigenvalue weighted by molar-refractivity contribution is -0.385. The number of non-ortho nitro benzene ring substituents is 1. The summed E-state index contributed by atoms with van der Waals surface area (Å²) in [5.74, 6) is -1.10. The number of halogens is 1. The van der Waals surface area contributed by atoms with Gasteiger partial charge in [0, 0.05) is 11.6 Å². The van der Waals surface area contributed by atoms with Gasteiger partial charge in [-0.25, -0.2) is 4.39 Å². The maximum atomic E-state index is 13.2. The number of benzene rings is 1. The van der Waals surface area contributed by atoms with Crippen molar-refractivity contribution in [2.24, 2.45) is 0 Å². The summed E-state index contributed by atoms with van der Waals surface area (Å²) >= 11 is 0. The smallest absolute Gasteiger partial charge is 0.272 e. The van der Waals surface area contributed by atoms with E-state index in [0.717, 1.165) is 6.07 Å². The molecule has 1 aromatic carbocycles. The van der Waals surface area contributed by atoms with Crippen LogP contribution in [0.3, 0.4) is 0 Å². The fourth-order valence-corrected chi connectivity index (χ4v) is 1.22. The Morgan fingerprint density at radius 2 is 2.12 bits per heavy atom. The van der Waals surface area contributed by atoms with Gasteiger partial charge < -0.3 is 15.9 Å². The van der Waals surface area contributed by atoms with E-state index in [1.807, 2.05) is 0 Å². The number of aliphatic hydroxyl groups is 2.